The van der Waals surface area contributed by atoms with Gasteiger partial charge in [-0.25, -0.2) is 4.79 Å². The molecule has 1 unspecified atom stereocenters. The zero-order valence-electron chi connectivity index (χ0n) is 23.2. The summed E-state index contributed by atoms with van der Waals surface area (Å²) in [7, 11) is 0. The molecule has 5 rings (SSSR count). The number of Topliss-reactive ketones (excluding diaryl/α,β-unsaturated/α-hetero) is 1. The van der Waals surface area contributed by atoms with Crippen molar-refractivity contribution in [1.29, 1.82) is 0 Å². The maximum absolute atomic E-state index is 13.5. The van der Waals surface area contributed by atoms with Crippen molar-refractivity contribution in [3.05, 3.63) is 119 Å². The van der Waals surface area contributed by atoms with E-state index < -0.39 is 11.9 Å². The van der Waals surface area contributed by atoms with E-state index in [0.29, 0.717) is 35.6 Å². The maximum Gasteiger partial charge on any atom is 0.336 e. The van der Waals surface area contributed by atoms with Gasteiger partial charge in [-0.05, 0) is 54.2 Å². The second-order valence-electron chi connectivity index (χ2n) is 11.1. The first-order valence-corrected chi connectivity index (χ1v) is 13.7. The highest BCUT2D eigenvalue weighted by atomic mass is 16.6. The van der Waals surface area contributed by atoms with Gasteiger partial charge < -0.3 is 19.5 Å². The van der Waals surface area contributed by atoms with Gasteiger partial charge in [-0.1, -0.05) is 74.5 Å². The van der Waals surface area contributed by atoms with Gasteiger partial charge in [0, 0.05) is 29.3 Å². The van der Waals surface area contributed by atoms with Gasteiger partial charge in [0.2, 0.25) is 0 Å². The van der Waals surface area contributed by atoms with Gasteiger partial charge in [0.25, 0.3) is 0 Å². The van der Waals surface area contributed by atoms with E-state index in [0.717, 1.165) is 29.0 Å². The number of carbonyl (C=O) groups is 2. The van der Waals surface area contributed by atoms with E-state index in [1.165, 1.54) is 0 Å². The number of hydrogen-bond acceptors (Lipinski definition) is 6. The van der Waals surface area contributed by atoms with Crippen molar-refractivity contribution in [3.8, 4) is 11.5 Å². The molecule has 6 nitrogen and oxygen atoms in total. The lowest BCUT2D eigenvalue weighted by Crippen LogP contribution is -2.38. The zero-order chi connectivity index (χ0) is 28.1. The minimum absolute atomic E-state index is 0.0540. The van der Waals surface area contributed by atoms with Gasteiger partial charge in [-0.15, -0.1) is 0 Å². The highest BCUT2D eigenvalue weighted by Crippen LogP contribution is 2.47. The van der Waals surface area contributed by atoms with Gasteiger partial charge in [0.1, 0.15) is 31.3 Å². The number of ether oxygens (including phenoxy) is 3. The van der Waals surface area contributed by atoms with E-state index >= 15 is 0 Å². The Hall–Kier alpha value is -4.32. The number of ketones is 1. The van der Waals surface area contributed by atoms with Crippen LogP contribution in [-0.4, -0.2) is 25.0 Å². The van der Waals surface area contributed by atoms with Crippen molar-refractivity contribution in [2.45, 2.75) is 46.1 Å². The minimum atomic E-state index is -0.523. The van der Waals surface area contributed by atoms with Crippen LogP contribution in [0.3, 0.4) is 0 Å². The second kappa shape index (κ2) is 11.8. The molecule has 1 N–H and O–H groups in total. The molecule has 0 saturated heterocycles. The number of dihydropyridines is 1. The highest BCUT2D eigenvalue weighted by Gasteiger charge is 2.43. The first kappa shape index (κ1) is 27.3. The standard InChI is InChI=1S/C34H35NO5/c1-23-30(33(37)39-19-18-38-26-12-8-5-9-13-26)31(32-28(35-23)20-34(2,3)21-29(32)36)25-14-16-27(17-15-25)40-22-24-10-6-4-7-11-24/h4-17,31,35H,18-22H2,1-3H3. The maximum atomic E-state index is 13.5. The van der Waals surface area contributed by atoms with Crippen LogP contribution in [0.5, 0.6) is 11.5 Å². The summed E-state index contributed by atoms with van der Waals surface area (Å²) in [4.78, 5) is 27.0. The first-order chi connectivity index (χ1) is 19.3. The summed E-state index contributed by atoms with van der Waals surface area (Å²) in [5.41, 5.74) is 4.45. The van der Waals surface area contributed by atoms with E-state index in [1.807, 2.05) is 91.9 Å². The Morgan fingerprint density at radius 3 is 2.20 bits per heavy atom. The topological polar surface area (TPSA) is 73.9 Å². The van der Waals surface area contributed by atoms with Crippen LogP contribution in [0.1, 0.15) is 50.7 Å². The normalized spacial score (nSPS) is 18.1. The van der Waals surface area contributed by atoms with Crippen LogP contribution in [0, 0.1) is 5.41 Å². The largest absolute Gasteiger partial charge is 0.490 e. The molecular weight excluding hydrogens is 502 g/mol. The van der Waals surface area contributed by atoms with Gasteiger partial charge in [-0.2, -0.15) is 0 Å². The van der Waals surface area contributed by atoms with Gasteiger partial charge in [-0.3, -0.25) is 4.79 Å². The van der Waals surface area contributed by atoms with Crippen molar-refractivity contribution < 1.29 is 23.8 Å². The molecule has 2 aliphatic rings. The summed E-state index contributed by atoms with van der Waals surface area (Å²) in [6.45, 7) is 6.85. The van der Waals surface area contributed by atoms with Crippen LogP contribution in [0.2, 0.25) is 0 Å². The zero-order valence-corrected chi connectivity index (χ0v) is 23.2. The Bertz CT molecular complexity index is 1420. The monoisotopic (exact) mass is 537 g/mol. The molecule has 0 saturated carbocycles. The van der Waals surface area contributed by atoms with E-state index in [2.05, 4.69) is 19.2 Å². The molecule has 3 aromatic rings. The van der Waals surface area contributed by atoms with Crippen molar-refractivity contribution in [2.24, 2.45) is 5.41 Å². The number of esters is 1. The Morgan fingerprint density at radius 1 is 0.850 bits per heavy atom. The lowest BCUT2D eigenvalue weighted by atomic mass is 9.68. The van der Waals surface area contributed by atoms with Gasteiger partial charge in [0.15, 0.2) is 5.78 Å². The van der Waals surface area contributed by atoms with Crippen LogP contribution < -0.4 is 14.8 Å². The Kier molecular flexibility index (Phi) is 8.06. The third-order valence-electron chi connectivity index (χ3n) is 7.25. The summed E-state index contributed by atoms with van der Waals surface area (Å²) >= 11 is 0. The van der Waals surface area contributed by atoms with Crippen molar-refractivity contribution in [2.75, 3.05) is 13.2 Å². The third kappa shape index (κ3) is 6.28. The van der Waals surface area contributed by atoms with Crippen LogP contribution in [0.25, 0.3) is 0 Å². The Labute approximate surface area is 235 Å². The summed E-state index contributed by atoms with van der Waals surface area (Å²) in [6.07, 6.45) is 1.15. The quantitative estimate of drug-likeness (QED) is 0.248. The van der Waals surface area contributed by atoms with Gasteiger partial charge >= 0.3 is 5.97 Å². The molecule has 0 fully saturated rings. The number of para-hydroxylation sites is 1. The van der Waals surface area contributed by atoms with Gasteiger partial charge in [0.05, 0.1) is 5.57 Å². The predicted molar refractivity (Wildman–Crippen MR) is 154 cm³/mol. The van der Waals surface area contributed by atoms with Crippen molar-refractivity contribution >= 4 is 11.8 Å². The minimum Gasteiger partial charge on any atom is -0.490 e. The molecule has 1 atom stereocenters. The fourth-order valence-corrected chi connectivity index (χ4v) is 5.43. The predicted octanol–water partition coefficient (Wildman–Crippen LogP) is 6.49. The van der Waals surface area contributed by atoms with Crippen LogP contribution in [0.15, 0.2) is 107 Å². The first-order valence-electron chi connectivity index (χ1n) is 13.7. The number of rotatable bonds is 9. The molecule has 1 heterocycles. The second-order valence-corrected chi connectivity index (χ2v) is 11.1. The van der Waals surface area contributed by atoms with Crippen LogP contribution in [0.4, 0.5) is 0 Å². The Balaban J connectivity index is 1.37. The summed E-state index contributed by atoms with van der Waals surface area (Å²) < 4.78 is 17.3. The van der Waals surface area contributed by atoms with E-state index in [1.54, 1.807) is 0 Å². The number of nitrogens with one attached hydrogen (secondary N) is 1. The van der Waals surface area contributed by atoms with Crippen LogP contribution in [-0.2, 0) is 20.9 Å². The van der Waals surface area contributed by atoms with Crippen LogP contribution >= 0.6 is 0 Å². The lowest BCUT2D eigenvalue weighted by Gasteiger charge is -2.39. The number of hydrogen-bond donors (Lipinski definition) is 1. The number of benzene rings is 3. The van der Waals surface area contributed by atoms with E-state index in [9.17, 15) is 9.59 Å². The fourth-order valence-electron chi connectivity index (χ4n) is 5.43. The molecule has 40 heavy (non-hydrogen) atoms. The molecule has 0 bridgehead atoms. The van der Waals surface area contributed by atoms with E-state index in [4.69, 9.17) is 14.2 Å². The average molecular weight is 538 g/mol. The number of carbonyl (C=O) groups excluding carboxylic acids is 2. The lowest BCUT2D eigenvalue weighted by molar-refractivity contribution is -0.140. The molecule has 3 aromatic carbocycles. The SMILES string of the molecule is CC1=C(C(=O)OCCOc2ccccc2)C(c2ccc(OCc3ccccc3)cc2)C2=C(CC(C)(C)CC2=O)N1. The molecule has 1 aliphatic heterocycles. The molecule has 0 amide bonds. The Morgan fingerprint density at radius 2 is 1.50 bits per heavy atom. The third-order valence-corrected chi connectivity index (χ3v) is 7.25. The molecule has 0 aromatic heterocycles. The smallest absolute Gasteiger partial charge is 0.336 e. The molecule has 6 heteroatoms. The number of allylic oxidation sites excluding steroid dienone is 3. The van der Waals surface area contributed by atoms with Crippen molar-refractivity contribution in [3.63, 3.8) is 0 Å². The fraction of sp³-hybridized carbons (Fsp3) is 0.294. The molecule has 206 valence electrons. The summed E-state index contributed by atoms with van der Waals surface area (Å²) in [5, 5.41) is 3.38. The molecule has 0 radical (unpaired) electrons. The molecular formula is C34H35NO5. The highest BCUT2D eigenvalue weighted by molar-refractivity contribution is 6.04. The average Bonchev–Trinajstić information content (AvgIpc) is 2.94. The summed E-state index contributed by atoms with van der Waals surface area (Å²) in [5.74, 6) is 0.504. The molecule has 1 aliphatic carbocycles. The summed E-state index contributed by atoms with van der Waals surface area (Å²) in [6, 6.07) is 27.0. The van der Waals surface area contributed by atoms with Crippen molar-refractivity contribution in [1.82, 2.24) is 5.32 Å². The van der Waals surface area contributed by atoms with E-state index in [-0.39, 0.29) is 24.4 Å². The molecule has 0 spiro atoms.